The number of carbonyl (C=O) groups is 2. The summed E-state index contributed by atoms with van der Waals surface area (Å²) in [6.45, 7) is 6.33. The van der Waals surface area contributed by atoms with E-state index >= 15 is 0 Å². The Kier molecular flexibility index (Phi) is 8.17. The van der Waals surface area contributed by atoms with Crippen LogP contribution < -0.4 is 9.64 Å². The van der Waals surface area contributed by atoms with Crippen molar-refractivity contribution in [3.63, 3.8) is 0 Å². The maximum absolute atomic E-state index is 13.0. The molecule has 4 rings (SSSR count). The highest BCUT2D eigenvalue weighted by molar-refractivity contribution is 6.30. The first-order valence-corrected chi connectivity index (χ1v) is 12.0. The van der Waals surface area contributed by atoms with E-state index in [1.807, 2.05) is 36.4 Å². The summed E-state index contributed by atoms with van der Waals surface area (Å²) in [7, 11) is 1.63. The smallest absolute Gasteiger partial charge is 0.254 e. The predicted octanol–water partition coefficient (Wildman–Crippen LogP) is 3.78. The highest BCUT2D eigenvalue weighted by Gasteiger charge is 2.25. The average molecular weight is 506 g/mol. The molecule has 0 bridgehead atoms. The van der Waals surface area contributed by atoms with Gasteiger partial charge >= 0.3 is 0 Å². The lowest BCUT2D eigenvalue weighted by Gasteiger charge is -2.36. The van der Waals surface area contributed by atoms with E-state index in [0.717, 1.165) is 22.8 Å². The van der Waals surface area contributed by atoms with Crippen LogP contribution in [-0.4, -0.2) is 78.2 Å². The van der Waals surface area contributed by atoms with Crippen LogP contribution in [0.2, 0.25) is 5.02 Å². The molecule has 0 aliphatic carbocycles. The molecular weight excluding hydrogens is 478 g/mol. The summed E-state index contributed by atoms with van der Waals surface area (Å²) in [5, 5.41) is 9.33. The fourth-order valence-electron chi connectivity index (χ4n) is 4.03. The number of rotatable bonds is 8. The lowest BCUT2D eigenvalue weighted by atomic mass is 10.1. The lowest BCUT2D eigenvalue weighted by Crippen LogP contribution is -2.52. The number of ether oxygens (including phenoxy) is 1. The van der Waals surface area contributed by atoms with Crippen LogP contribution >= 0.6 is 11.6 Å². The molecule has 1 aliphatic heterocycles. The molecule has 2 heterocycles. The molecule has 1 aliphatic rings. The summed E-state index contributed by atoms with van der Waals surface area (Å²) in [6, 6.07) is 18.2. The number of piperazine rings is 1. The van der Waals surface area contributed by atoms with Crippen molar-refractivity contribution in [1.82, 2.24) is 20.0 Å². The number of amides is 2. The van der Waals surface area contributed by atoms with Gasteiger partial charge in [0.15, 0.2) is 5.82 Å². The molecule has 0 spiro atoms. The first kappa shape index (κ1) is 25.2. The summed E-state index contributed by atoms with van der Waals surface area (Å²) < 4.78 is 5.28. The molecule has 9 heteroatoms. The fourth-order valence-corrected chi connectivity index (χ4v) is 4.15. The molecule has 0 N–H and O–H groups in total. The van der Waals surface area contributed by atoms with Gasteiger partial charge in [-0.2, -0.15) is 0 Å². The van der Waals surface area contributed by atoms with E-state index in [-0.39, 0.29) is 24.9 Å². The summed E-state index contributed by atoms with van der Waals surface area (Å²) in [6.07, 6.45) is 1.62. The predicted molar refractivity (Wildman–Crippen MR) is 140 cm³/mol. The Bertz CT molecular complexity index is 1210. The van der Waals surface area contributed by atoms with Crippen LogP contribution in [0.1, 0.15) is 10.4 Å². The van der Waals surface area contributed by atoms with Gasteiger partial charge < -0.3 is 19.4 Å². The molecule has 0 radical (unpaired) electrons. The van der Waals surface area contributed by atoms with E-state index in [9.17, 15) is 9.59 Å². The van der Waals surface area contributed by atoms with E-state index < -0.39 is 0 Å². The maximum Gasteiger partial charge on any atom is 0.254 e. The van der Waals surface area contributed by atoms with Crippen LogP contribution in [0.4, 0.5) is 5.82 Å². The molecule has 1 fully saturated rings. The van der Waals surface area contributed by atoms with Crippen molar-refractivity contribution >= 4 is 29.2 Å². The standard InChI is InChI=1S/C27H28ClN5O3/c1-3-13-33(27(35)20-7-9-22(28)10-8-20)19-26(34)32-16-14-31(15-17-32)25-12-11-24(29-30-25)21-5-4-6-23(18-21)36-2/h3-12,18H,1,13-17,19H2,2H3. The van der Waals surface area contributed by atoms with Gasteiger partial charge in [0, 0.05) is 48.9 Å². The van der Waals surface area contributed by atoms with Gasteiger partial charge in [-0.1, -0.05) is 29.8 Å². The zero-order chi connectivity index (χ0) is 25.5. The number of aromatic nitrogens is 2. The quantitative estimate of drug-likeness (QED) is 0.433. The third-order valence-electron chi connectivity index (χ3n) is 6.03. The maximum atomic E-state index is 13.0. The number of carbonyl (C=O) groups excluding carboxylic acids is 2. The first-order valence-electron chi connectivity index (χ1n) is 11.6. The molecule has 0 saturated carbocycles. The molecule has 0 unspecified atom stereocenters. The topological polar surface area (TPSA) is 78.9 Å². The van der Waals surface area contributed by atoms with Gasteiger partial charge in [0.25, 0.3) is 5.91 Å². The molecular formula is C27H28ClN5O3. The van der Waals surface area contributed by atoms with Crippen molar-refractivity contribution in [3.8, 4) is 17.0 Å². The van der Waals surface area contributed by atoms with E-state index in [1.54, 1.807) is 42.4 Å². The van der Waals surface area contributed by atoms with Gasteiger partial charge in [0.1, 0.15) is 12.3 Å². The largest absolute Gasteiger partial charge is 0.497 e. The second-order valence-electron chi connectivity index (χ2n) is 8.36. The number of hydrogen-bond donors (Lipinski definition) is 0. The molecule has 36 heavy (non-hydrogen) atoms. The highest BCUT2D eigenvalue weighted by atomic mass is 35.5. The van der Waals surface area contributed by atoms with E-state index in [1.165, 1.54) is 4.90 Å². The van der Waals surface area contributed by atoms with Crippen LogP contribution in [0.15, 0.2) is 73.3 Å². The van der Waals surface area contributed by atoms with Crippen LogP contribution in [0.25, 0.3) is 11.3 Å². The summed E-state index contributed by atoms with van der Waals surface area (Å²) in [4.78, 5) is 31.3. The number of hydrogen-bond acceptors (Lipinski definition) is 6. The molecule has 2 amide bonds. The van der Waals surface area contributed by atoms with Gasteiger partial charge in [-0.3, -0.25) is 9.59 Å². The molecule has 1 saturated heterocycles. The minimum Gasteiger partial charge on any atom is -0.497 e. The SMILES string of the molecule is C=CCN(CC(=O)N1CCN(c2ccc(-c3cccc(OC)c3)nn2)CC1)C(=O)c1ccc(Cl)cc1. The van der Waals surface area contributed by atoms with Gasteiger partial charge in [-0.15, -0.1) is 16.8 Å². The van der Waals surface area contributed by atoms with Crippen LogP contribution in [0.3, 0.4) is 0 Å². The van der Waals surface area contributed by atoms with Crippen molar-refractivity contribution < 1.29 is 14.3 Å². The van der Waals surface area contributed by atoms with E-state index in [0.29, 0.717) is 36.8 Å². The van der Waals surface area contributed by atoms with Crippen molar-refractivity contribution in [2.75, 3.05) is 51.3 Å². The molecule has 186 valence electrons. The molecule has 3 aromatic rings. The van der Waals surface area contributed by atoms with E-state index in [4.69, 9.17) is 16.3 Å². The zero-order valence-electron chi connectivity index (χ0n) is 20.1. The van der Waals surface area contributed by atoms with Gasteiger partial charge in [-0.25, -0.2) is 0 Å². The Hall–Kier alpha value is -3.91. The zero-order valence-corrected chi connectivity index (χ0v) is 20.9. The number of methoxy groups -OCH3 is 1. The second kappa shape index (κ2) is 11.7. The average Bonchev–Trinajstić information content (AvgIpc) is 2.93. The summed E-state index contributed by atoms with van der Waals surface area (Å²) in [5.74, 6) is 1.20. The van der Waals surface area contributed by atoms with Gasteiger partial charge in [0.05, 0.1) is 12.8 Å². The minimum atomic E-state index is -0.232. The number of nitrogens with zero attached hydrogens (tertiary/aromatic N) is 5. The van der Waals surface area contributed by atoms with Crippen molar-refractivity contribution in [2.24, 2.45) is 0 Å². The Morgan fingerprint density at radius 3 is 2.44 bits per heavy atom. The second-order valence-corrected chi connectivity index (χ2v) is 8.79. The van der Waals surface area contributed by atoms with Crippen LogP contribution in [0.5, 0.6) is 5.75 Å². The Balaban J connectivity index is 1.34. The lowest BCUT2D eigenvalue weighted by molar-refractivity contribution is -0.132. The van der Waals surface area contributed by atoms with Gasteiger partial charge in [-0.05, 0) is 48.5 Å². The van der Waals surface area contributed by atoms with Crippen LogP contribution in [-0.2, 0) is 4.79 Å². The third-order valence-corrected chi connectivity index (χ3v) is 6.28. The monoisotopic (exact) mass is 505 g/mol. The molecule has 0 atom stereocenters. The Morgan fingerprint density at radius 1 is 1.06 bits per heavy atom. The van der Waals surface area contributed by atoms with Gasteiger partial charge in [0.2, 0.25) is 5.91 Å². The molecule has 1 aromatic heterocycles. The Labute approximate surface area is 215 Å². The number of benzene rings is 2. The minimum absolute atomic E-state index is 0.0114. The molecule has 8 nitrogen and oxygen atoms in total. The highest BCUT2D eigenvalue weighted by Crippen LogP contribution is 2.23. The number of anilines is 1. The fraction of sp³-hybridized carbons (Fsp3) is 0.259. The normalized spacial score (nSPS) is 13.3. The van der Waals surface area contributed by atoms with Crippen molar-refractivity contribution in [2.45, 2.75) is 0 Å². The van der Waals surface area contributed by atoms with Crippen LogP contribution in [0, 0.1) is 0 Å². The summed E-state index contributed by atoms with van der Waals surface area (Å²) >= 11 is 5.93. The first-order chi connectivity index (χ1) is 17.5. The van der Waals surface area contributed by atoms with E-state index in [2.05, 4.69) is 21.7 Å². The van der Waals surface area contributed by atoms with Crippen molar-refractivity contribution in [3.05, 3.63) is 83.9 Å². The number of halogens is 1. The third kappa shape index (κ3) is 6.01. The van der Waals surface area contributed by atoms with Crippen molar-refractivity contribution in [1.29, 1.82) is 0 Å². The Morgan fingerprint density at radius 2 is 1.81 bits per heavy atom. The molecule has 2 aromatic carbocycles. The summed E-state index contributed by atoms with van der Waals surface area (Å²) in [5.41, 5.74) is 2.18.